The van der Waals surface area contributed by atoms with Crippen molar-refractivity contribution in [3.05, 3.63) is 29.8 Å². The first-order valence-electron chi connectivity index (χ1n) is 5.84. The number of nitrogens with zero attached hydrogens (tertiary/aromatic N) is 2. The van der Waals surface area contributed by atoms with Crippen molar-refractivity contribution in [3.63, 3.8) is 0 Å². The molecule has 0 saturated carbocycles. The number of amides is 2. The molecule has 2 amide bonds. The highest BCUT2D eigenvalue weighted by Crippen LogP contribution is 2.16. The van der Waals surface area contributed by atoms with Crippen molar-refractivity contribution >= 4 is 17.6 Å². The molecule has 0 aliphatic rings. The fourth-order valence-corrected chi connectivity index (χ4v) is 1.47. The molecule has 0 aliphatic heterocycles. The van der Waals surface area contributed by atoms with Crippen molar-refractivity contribution in [3.8, 4) is 0 Å². The van der Waals surface area contributed by atoms with E-state index >= 15 is 0 Å². The highest BCUT2D eigenvalue weighted by atomic mass is 19.1. The van der Waals surface area contributed by atoms with Crippen LogP contribution in [0, 0.1) is 11.6 Å². The van der Waals surface area contributed by atoms with E-state index in [4.69, 9.17) is 10.9 Å². The summed E-state index contributed by atoms with van der Waals surface area (Å²) < 4.78 is 26.2. The molecule has 0 atom stereocenters. The van der Waals surface area contributed by atoms with Crippen molar-refractivity contribution in [2.24, 2.45) is 10.9 Å². The number of nitrogens with one attached hydrogen (secondary N) is 1. The summed E-state index contributed by atoms with van der Waals surface area (Å²) in [4.78, 5) is 13.2. The number of carbonyl (C=O) groups is 1. The minimum Gasteiger partial charge on any atom is -0.409 e. The lowest BCUT2D eigenvalue weighted by molar-refractivity contribution is 0.205. The van der Waals surface area contributed by atoms with Gasteiger partial charge in [-0.05, 0) is 26.0 Å². The van der Waals surface area contributed by atoms with Gasteiger partial charge < -0.3 is 21.2 Å². The molecule has 6 nitrogen and oxygen atoms in total. The fourth-order valence-electron chi connectivity index (χ4n) is 1.47. The van der Waals surface area contributed by atoms with E-state index in [1.807, 2.05) is 0 Å². The first-order chi connectivity index (χ1) is 9.35. The zero-order valence-electron chi connectivity index (χ0n) is 11.1. The number of urea groups is 1. The minimum absolute atomic E-state index is 0.122. The van der Waals surface area contributed by atoms with E-state index in [9.17, 15) is 13.6 Å². The maximum atomic E-state index is 13.4. The Bertz CT molecular complexity index is 520. The quantitative estimate of drug-likeness (QED) is 0.342. The molecule has 1 aromatic rings. The lowest BCUT2D eigenvalue weighted by atomic mass is 10.3. The number of halogens is 2. The summed E-state index contributed by atoms with van der Waals surface area (Å²) in [5.41, 5.74) is 5.20. The van der Waals surface area contributed by atoms with Crippen LogP contribution in [-0.4, -0.2) is 34.6 Å². The Balaban J connectivity index is 2.85. The van der Waals surface area contributed by atoms with Crippen molar-refractivity contribution in [2.45, 2.75) is 19.9 Å². The average Bonchev–Trinajstić information content (AvgIpc) is 2.38. The number of hydrogen-bond acceptors (Lipinski definition) is 3. The maximum absolute atomic E-state index is 13.4. The number of hydrogen-bond donors (Lipinski definition) is 3. The Morgan fingerprint density at radius 3 is 2.65 bits per heavy atom. The molecule has 8 heteroatoms. The van der Waals surface area contributed by atoms with Gasteiger partial charge in [-0.3, -0.25) is 0 Å². The van der Waals surface area contributed by atoms with Crippen molar-refractivity contribution in [1.82, 2.24) is 4.90 Å². The molecule has 1 aromatic carbocycles. The SMILES string of the molecule is CC(C)N(CC(N)=NO)C(=O)Nc1ccc(F)cc1F. The zero-order chi connectivity index (χ0) is 15.3. The summed E-state index contributed by atoms with van der Waals surface area (Å²) in [6, 6.07) is 1.90. The van der Waals surface area contributed by atoms with Gasteiger partial charge in [0, 0.05) is 12.1 Å². The lowest BCUT2D eigenvalue weighted by Crippen LogP contribution is -2.45. The smallest absolute Gasteiger partial charge is 0.322 e. The van der Waals surface area contributed by atoms with Crippen LogP contribution in [0.3, 0.4) is 0 Å². The third-order valence-electron chi connectivity index (χ3n) is 2.52. The second-order valence-corrected chi connectivity index (χ2v) is 4.37. The Labute approximate surface area is 114 Å². The zero-order valence-corrected chi connectivity index (χ0v) is 11.1. The van der Waals surface area contributed by atoms with Gasteiger partial charge in [-0.2, -0.15) is 0 Å². The second kappa shape index (κ2) is 6.69. The molecule has 0 aromatic heterocycles. The summed E-state index contributed by atoms with van der Waals surface area (Å²) in [7, 11) is 0. The van der Waals surface area contributed by atoms with E-state index < -0.39 is 17.7 Å². The first-order valence-corrected chi connectivity index (χ1v) is 5.84. The molecule has 0 saturated heterocycles. The van der Waals surface area contributed by atoms with Gasteiger partial charge in [0.05, 0.1) is 12.2 Å². The van der Waals surface area contributed by atoms with Crippen LogP contribution in [0.1, 0.15) is 13.8 Å². The van der Waals surface area contributed by atoms with Crippen molar-refractivity contribution in [2.75, 3.05) is 11.9 Å². The van der Waals surface area contributed by atoms with Crippen LogP contribution in [-0.2, 0) is 0 Å². The molecule has 0 aliphatic carbocycles. The molecule has 0 unspecified atom stereocenters. The molecule has 1 rings (SSSR count). The van der Waals surface area contributed by atoms with Crippen molar-refractivity contribution in [1.29, 1.82) is 0 Å². The predicted octanol–water partition coefficient (Wildman–Crippen LogP) is 1.95. The molecule has 0 bridgehead atoms. The minimum atomic E-state index is -0.883. The van der Waals surface area contributed by atoms with Gasteiger partial charge >= 0.3 is 6.03 Å². The number of anilines is 1. The van der Waals surface area contributed by atoms with Crippen LogP contribution in [0.5, 0.6) is 0 Å². The summed E-state index contributed by atoms with van der Waals surface area (Å²) in [6.45, 7) is 3.30. The van der Waals surface area contributed by atoms with Gasteiger partial charge in [0.15, 0.2) is 5.84 Å². The highest BCUT2D eigenvalue weighted by molar-refractivity contribution is 5.93. The van der Waals surface area contributed by atoms with E-state index in [0.29, 0.717) is 6.07 Å². The molecule has 20 heavy (non-hydrogen) atoms. The Kier molecular flexibility index (Phi) is 5.24. The molecule has 0 radical (unpaired) electrons. The number of benzene rings is 1. The lowest BCUT2D eigenvalue weighted by Gasteiger charge is -2.26. The van der Waals surface area contributed by atoms with E-state index in [2.05, 4.69) is 10.5 Å². The Hall–Kier alpha value is -2.38. The molecular formula is C12H16F2N4O2. The Morgan fingerprint density at radius 1 is 1.50 bits per heavy atom. The van der Waals surface area contributed by atoms with Crippen LogP contribution in [0.15, 0.2) is 23.4 Å². The van der Waals surface area contributed by atoms with E-state index in [-0.39, 0.29) is 24.1 Å². The van der Waals surface area contributed by atoms with Crippen LogP contribution in [0.25, 0.3) is 0 Å². The molecular weight excluding hydrogens is 270 g/mol. The maximum Gasteiger partial charge on any atom is 0.322 e. The van der Waals surface area contributed by atoms with Gasteiger partial charge in [0.25, 0.3) is 0 Å². The highest BCUT2D eigenvalue weighted by Gasteiger charge is 2.19. The molecule has 0 heterocycles. The van der Waals surface area contributed by atoms with E-state index in [1.54, 1.807) is 13.8 Å². The standard InChI is InChI=1S/C12H16F2N4O2/c1-7(2)18(6-11(15)17-20)12(19)16-10-4-3-8(13)5-9(10)14/h3-5,7,20H,6H2,1-2H3,(H2,15,17)(H,16,19). The van der Waals surface area contributed by atoms with Crippen molar-refractivity contribution < 1.29 is 18.8 Å². The third kappa shape index (κ3) is 4.08. The number of amidine groups is 1. The summed E-state index contributed by atoms with van der Waals surface area (Å²) in [5.74, 6) is -1.78. The van der Waals surface area contributed by atoms with Crippen LogP contribution in [0.4, 0.5) is 19.3 Å². The molecule has 0 fully saturated rings. The summed E-state index contributed by atoms with van der Waals surface area (Å²) in [6.07, 6.45) is 0. The van der Waals surface area contributed by atoms with Crippen LogP contribution in [0.2, 0.25) is 0 Å². The number of rotatable bonds is 4. The summed E-state index contributed by atoms with van der Waals surface area (Å²) >= 11 is 0. The average molecular weight is 286 g/mol. The van der Waals surface area contributed by atoms with Crippen LogP contribution >= 0.6 is 0 Å². The number of carbonyl (C=O) groups excluding carboxylic acids is 1. The predicted molar refractivity (Wildman–Crippen MR) is 70.6 cm³/mol. The fraction of sp³-hybridized carbons (Fsp3) is 0.333. The molecule has 4 N–H and O–H groups in total. The largest absolute Gasteiger partial charge is 0.409 e. The topological polar surface area (TPSA) is 90.9 Å². The normalized spacial score (nSPS) is 11.6. The Morgan fingerprint density at radius 2 is 2.15 bits per heavy atom. The number of nitrogens with two attached hydrogens (primary N) is 1. The van der Waals surface area contributed by atoms with Crippen LogP contribution < -0.4 is 11.1 Å². The van der Waals surface area contributed by atoms with Gasteiger partial charge in [-0.15, -0.1) is 0 Å². The molecule has 0 spiro atoms. The van der Waals surface area contributed by atoms with Gasteiger partial charge in [-0.1, -0.05) is 5.16 Å². The first kappa shape index (κ1) is 15.7. The third-order valence-corrected chi connectivity index (χ3v) is 2.52. The van der Waals surface area contributed by atoms with Gasteiger partial charge in [0.2, 0.25) is 0 Å². The second-order valence-electron chi connectivity index (χ2n) is 4.37. The molecule has 110 valence electrons. The summed E-state index contributed by atoms with van der Waals surface area (Å²) in [5, 5.41) is 13.6. The van der Waals surface area contributed by atoms with Gasteiger partial charge in [0.1, 0.15) is 11.6 Å². The van der Waals surface area contributed by atoms with Gasteiger partial charge in [-0.25, -0.2) is 13.6 Å². The monoisotopic (exact) mass is 286 g/mol. The number of oxime groups is 1. The van der Waals surface area contributed by atoms with E-state index in [0.717, 1.165) is 12.1 Å². The van der Waals surface area contributed by atoms with E-state index in [1.165, 1.54) is 4.90 Å².